The number of benzene rings is 1. The number of hydrogen-bond acceptors (Lipinski definition) is 6. The van der Waals surface area contributed by atoms with Gasteiger partial charge >= 0.3 is 11.2 Å². The molecule has 1 saturated heterocycles. The Hall–Kier alpha value is -3.26. The Morgan fingerprint density at radius 3 is 2.75 bits per heavy atom. The molecule has 3 heterocycles. The molecular weight excluding hydrogens is 360 g/mol. The van der Waals surface area contributed by atoms with Gasteiger partial charge in [0.15, 0.2) is 0 Å². The third-order valence-electron chi connectivity index (χ3n) is 5.00. The van der Waals surface area contributed by atoms with Crippen LogP contribution in [0.4, 0.5) is 11.5 Å². The smallest absolute Gasteiger partial charge is 0.376 e. The molecule has 8 heteroatoms. The van der Waals surface area contributed by atoms with E-state index in [0.29, 0.717) is 18.2 Å². The Morgan fingerprint density at radius 1 is 1.25 bits per heavy atom. The van der Waals surface area contributed by atoms with Crippen LogP contribution in [0.1, 0.15) is 24.4 Å². The standard InChI is InChI=1S/C20H20N4O4/c25-20-18(24(26)27)19(22-17-8-4-5-10-23(17)20)21-16(12-14-9-11-28-13-14)15-6-2-1-3-7-15/h1-8,10,14,16,21H,9,11-13H2. The molecule has 1 fully saturated rings. The van der Waals surface area contributed by atoms with Crippen LogP contribution in [0.2, 0.25) is 0 Å². The number of ether oxygens (including phenoxy) is 1. The normalized spacial score (nSPS) is 17.5. The fourth-order valence-corrected chi connectivity index (χ4v) is 3.58. The van der Waals surface area contributed by atoms with E-state index in [2.05, 4.69) is 10.3 Å². The molecule has 28 heavy (non-hydrogen) atoms. The SMILES string of the molecule is O=c1c([N+](=O)[O-])c(NC(CC2CCOC2)c2ccccc2)nc2ccccn12. The monoisotopic (exact) mass is 380 g/mol. The summed E-state index contributed by atoms with van der Waals surface area (Å²) < 4.78 is 6.66. The molecule has 1 N–H and O–H groups in total. The second kappa shape index (κ2) is 7.77. The number of nitro groups is 1. The van der Waals surface area contributed by atoms with Gasteiger partial charge in [0, 0.05) is 19.4 Å². The van der Waals surface area contributed by atoms with Crippen molar-refractivity contribution in [3.05, 3.63) is 80.8 Å². The zero-order chi connectivity index (χ0) is 19.5. The van der Waals surface area contributed by atoms with Crippen molar-refractivity contribution in [1.82, 2.24) is 9.38 Å². The number of anilines is 1. The van der Waals surface area contributed by atoms with E-state index in [1.807, 2.05) is 30.3 Å². The second-order valence-electron chi connectivity index (χ2n) is 6.87. The molecule has 0 amide bonds. The number of rotatable bonds is 6. The number of fused-ring (bicyclic) bond motifs is 1. The number of aromatic nitrogens is 2. The van der Waals surface area contributed by atoms with Crippen molar-refractivity contribution in [2.45, 2.75) is 18.9 Å². The Bertz CT molecular complexity index is 1050. The van der Waals surface area contributed by atoms with Crippen LogP contribution in [0, 0.1) is 16.0 Å². The Morgan fingerprint density at radius 2 is 2.04 bits per heavy atom. The topological polar surface area (TPSA) is 98.8 Å². The molecule has 0 aliphatic carbocycles. The van der Waals surface area contributed by atoms with Crippen molar-refractivity contribution in [2.75, 3.05) is 18.5 Å². The molecule has 2 atom stereocenters. The lowest BCUT2D eigenvalue weighted by Crippen LogP contribution is -2.23. The van der Waals surface area contributed by atoms with Crippen molar-refractivity contribution in [2.24, 2.45) is 5.92 Å². The zero-order valence-electron chi connectivity index (χ0n) is 15.2. The van der Waals surface area contributed by atoms with E-state index in [1.165, 1.54) is 10.6 Å². The lowest BCUT2D eigenvalue weighted by Gasteiger charge is -2.22. The molecule has 8 nitrogen and oxygen atoms in total. The van der Waals surface area contributed by atoms with E-state index in [0.717, 1.165) is 25.0 Å². The molecule has 2 unspecified atom stereocenters. The maximum atomic E-state index is 12.7. The largest absolute Gasteiger partial charge is 0.381 e. The Balaban J connectivity index is 1.77. The average Bonchev–Trinajstić information content (AvgIpc) is 3.21. The zero-order valence-corrected chi connectivity index (χ0v) is 15.2. The molecule has 1 aliphatic heterocycles. The van der Waals surface area contributed by atoms with Crippen LogP contribution in [0.15, 0.2) is 59.5 Å². The highest BCUT2D eigenvalue weighted by molar-refractivity contribution is 5.60. The van der Waals surface area contributed by atoms with Crippen LogP contribution >= 0.6 is 0 Å². The van der Waals surface area contributed by atoms with Gasteiger partial charge in [0.05, 0.1) is 11.0 Å². The Kier molecular flexibility index (Phi) is 5.03. The Labute approximate surface area is 160 Å². The van der Waals surface area contributed by atoms with Crippen molar-refractivity contribution >= 4 is 17.2 Å². The molecule has 0 radical (unpaired) electrons. The van der Waals surface area contributed by atoms with Crippen molar-refractivity contribution < 1.29 is 9.66 Å². The quantitative estimate of drug-likeness (QED) is 0.521. The summed E-state index contributed by atoms with van der Waals surface area (Å²) in [6.07, 6.45) is 3.16. The van der Waals surface area contributed by atoms with Crippen molar-refractivity contribution in [1.29, 1.82) is 0 Å². The average molecular weight is 380 g/mol. The highest BCUT2D eigenvalue weighted by atomic mass is 16.6. The highest BCUT2D eigenvalue weighted by Gasteiger charge is 2.28. The first-order valence-electron chi connectivity index (χ1n) is 9.18. The van der Waals surface area contributed by atoms with Gasteiger partial charge in [-0.1, -0.05) is 36.4 Å². The molecule has 0 saturated carbocycles. The van der Waals surface area contributed by atoms with E-state index in [1.54, 1.807) is 18.2 Å². The first kappa shape index (κ1) is 18.1. The van der Waals surface area contributed by atoms with Gasteiger partial charge in [-0.15, -0.1) is 0 Å². The van der Waals surface area contributed by atoms with Gasteiger partial charge in [-0.25, -0.2) is 4.98 Å². The van der Waals surface area contributed by atoms with Gasteiger partial charge in [-0.3, -0.25) is 19.3 Å². The number of hydrogen-bond donors (Lipinski definition) is 1. The third kappa shape index (κ3) is 3.59. The summed E-state index contributed by atoms with van der Waals surface area (Å²) in [5, 5.41) is 14.8. The minimum absolute atomic E-state index is 0.00558. The summed E-state index contributed by atoms with van der Waals surface area (Å²) >= 11 is 0. The summed E-state index contributed by atoms with van der Waals surface area (Å²) in [4.78, 5) is 28.0. The lowest BCUT2D eigenvalue weighted by molar-refractivity contribution is -0.385. The van der Waals surface area contributed by atoms with Gasteiger partial charge in [-0.05, 0) is 36.5 Å². The maximum Gasteiger partial charge on any atom is 0.376 e. The summed E-state index contributed by atoms with van der Waals surface area (Å²) in [5.74, 6) is 0.340. The van der Waals surface area contributed by atoms with E-state index in [-0.39, 0.29) is 11.9 Å². The first-order valence-corrected chi connectivity index (χ1v) is 9.18. The molecule has 2 aromatic heterocycles. The number of nitrogens with zero attached hydrogens (tertiary/aromatic N) is 3. The molecule has 1 aromatic carbocycles. The van der Waals surface area contributed by atoms with Crippen LogP contribution in [0.5, 0.6) is 0 Å². The molecule has 1 aliphatic rings. The summed E-state index contributed by atoms with van der Waals surface area (Å²) in [6, 6.07) is 14.5. The molecular formula is C20H20N4O4. The van der Waals surface area contributed by atoms with Crippen LogP contribution < -0.4 is 10.9 Å². The van der Waals surface area contributed by atoms with Gasteiger partial charge in [-0.2, -0.15) is 0 Å². The van der Waals surface area contributed by atoms with E-state index < -0.39 is 16.2 Å². The number of nitrogens with one attached hydrogen (secondary N) is 1. The van der Waals surface area contributed by atoms with E-state index >= 15 is 0 Å². The molecule has 3 aromatic rings. The van der Waals surface area contributed by atoms with Crippen LogP contribution in [0.25, 0.3) is 5.65 Å². The van der Waals surface area contributed by atoms with Gasteiger partial charge in [0.25, 0.3) is 0 Å². The lowest BCUT2D eigenvalue weighted by atomic mass is 9.94. The molecule has 0 spiro atoms. The van der Waals surface area contributed by atoms with Crippen LogP contribution in [-0.4, -0.2) is 27.5 Å². The minimum atomic E-state index is -0.700. The molecule has 0 bridgehead atoms. The van der Waals surface area contributed by atoms with Gasteiger partial charge < -0.3 is 10.1 Å². The fourth-order valence-electron chi connectivity index (χ4n) is 3.58. The number of pyridine rings is 1. The van der Waals surface area contributed by atoms with Crippen molar-refractivity contribution in [3.8, 4) is 0 Å². The van der Waals surface area contributed by atoms with Crippen LogP contribution in [0.3, 0.4) is 0 Å². The second-order valence-corrected chi connectivity index (χ2v) is 6.87. The maximum absolute atomic E-state index is 12.7. The minimum Gasteiger partial charge on any atom is -0.381 e. The summed E-state index contributed by atoms with van der Waals surface area (Å²) in [5.41, 5.74) is 0.0942. The predicted molar refractivity (Wildman–Crippen MR) is 104 cm³/mol. The van der Waals surface area contributed by atoms with E-state index in [9.17, 15) is 14.9 Å². The molecule has 144 valence electrons. The van der Waals surface area contributed by atoms with E-state index in [4.69, 9.17) is 4.74 Å². The van der Waals surface area contributed by atoms with Gasteiger partial charge in [0.1, 0.15) is 5.65 Å². The fraction of sp³-hybridized carbons (Fsp3) is 0.300. The van der Waals surface area contributed by atoms with Gasteiger partial charge in [0.2, 0.25) is 5.82 Å². The van der Waals surface area contributed by atoms with Crippen LogP contribution in [-0.2, 0) is 4.74 Å². The summed E-state index contributed by atoms with van der Waals surface area (Å²) in [7, 11) is 0. The summed E-state index contributed by atoms with van der Waals surface area (Å²) in [6.45, 7) is 1.39. The van der Waals surface area contributed by atoms with Crippen molar-refractivity contribution in [3.63, 3.8) is 0 Å². The predicted octanol–water partition coefficient (Wildman–Crippen LogP) is 3.18. The first-order chi connectivity index (χ1) is 13.6. The highest BCUT2D eigenvalue weighted by Crippen LogP contribution is 2.31. The molecule has 4 rings (SSSR count). The third-order valence-corrected chi connectivity index (χ3v) is 5.00.